The summed E-state index contributed by atoms with van der Waals surface area (Å²) < 4.78 is 65.6. The Bertz CT molecular complexity index is 1440. The lowest BCUT2D eigenvalue weighted by atomic mass is 9.95. The largest absolute Gasteiger partial charge is 0.490 e. The first-order chi connectivity index (χ1) is 17.8. The topological polar surface area (TPSA) is 115 Å². The van der Waals surface area contributed by atoms with Gasteiger partial charge in [0.1, 0.15) is 0 Å². The molecule has 0 aliphatic carbocycles. The molecule has 2 aromatic heterocycles. The maximum Gasteiger partial charge on any atom is 0.490 e. The van der Waals surface area contributed by atoms with Crippen LogP contribution < -0.4 is 4.74 Å². The number of hydrogen-bond acceptors (Lipinski definition) is 7. The van der Waals surface area contributed by atoms with E-state index in [2.05, 4.69) is 28.8 Å². The average molecular weight is 553 g/mol. The molecule has 4 heterocycles. The highest BCUT2D eigenvalue weighted by Crippen LogP contribution is 2.46. The van der Waals surface area contributed by atoms with Crippen molar-refractivity contribution in [3.8, 4) is 17.0 Å². The molecule has 1 N–H and O–H groups in total. The van der Waals surface area contributed by atoms with Crippen LogP contribution in [-0.2, 0) is 21.2 Å². The smallest absolute Gasteiger partial charge is 0.481 e. The van der Waals surface area contributed by atoms with Crippen LogP contribution in [0.3, 0.4) is 0 Å². The van der Waals surface area contributed by atoms with Crippen LogP contribution in [0.5, 0.6) is 5.88 Å². The van der Waals surface area contributed by atoms with E-state index in [-0.39, 0.29) is 5.92 Å². The number of fused-ring (bicyclic) bond motifs is 3. The predicted octanol–water partition coefficient (Wildman–Crippen LogP) is 3.92. The second-order valence-electron chi connectivity index (χ2n) is 9.42. The van der Waals surface area contributed by atoms with E-state index in [0.717, 1.165) is 28.8 Å². The number of benzene rings is 1. The van der Waals surface area contributed by atoms with Crippen molar-refractivity contribution in [2.45, 2.75) is 48.7 Å². The molecule has 0 spiro atoms. The molecule has 0 bridgehead atoms. The number of halogens is 3. The fourth-order valence-corrected chi connectivity index (χ4v) is 6.99. The number of carbonyl (C=O) groups is 1. The second-order valence-corrected chi connectivity index (χ2v) is 11.6. The summed E-state index contributed by atoms with van der Waals surface area (Å²) in [6, 6.07) is 9.73. The molecule has 5 rings (SSSR count). The normalized spacial score (nSPS) is 20.0. The number of aliphatic carboxylic acids is 1. The number of alkyl halides is 3. The van der Waals surface area contributed by atoms with Crippen LogP contribution in [0.1, 0.15) is 36.9 Å². The monoisotopic (exact) mass is 552 g/mol. The van der Waals surface area contributed by atoms with Gasteiger partial charge in [-0.1, -0.05) is 6.07 Å². The van der Waals surface area contributed by atoms with E-state index in [0.29, 0.717) is 29.9 Å². The van der Waals surface area contributed by atoms with E-state index in [1.807, 2.05) is 41.3 Å². The van der Waals surface area contributed by atoms with Gasteiger partial charge in [0.25, 0.3) is 0 Å². The van der Waals surface area contributed by atoms with Crippen LogP contribution in [0, 0.1) is 0 Å². The SMILES string of the molecule is COc1ncccc1-c1ccc2c(c1)C1CN(Cc3cnn(C(C)C)c3)CC1S2(=O)=O.O=C(O)C(F)(F)F. The number of hydrogen-bond donors (Lipinski definition) is 1. The summed E-state index contributed by atoms with van der Waals surface area (Å²) in [6.45, 7) is 6.16. The number of rotatable bonds is 5. The minimum atomic E-state index is -5.08. The molecule has 1 saturated heterocycles. The Balaban J connectivity index is 0.000000426. The van der Waals surface area contributed by atoms with Gasteiger partial charge in [0, 0.05) is 55.1 Å². The molecule has 2 aliphatic heterocycles. The van der Waals surface area contributed by atoms with Crippen molar-refractivity contribution in [3.05, 3.63) is 60.0 Å². The standard InChI is InChI=1S/C23H26N4O3S.C2HF3O2/c1-15(2)27-12-16(10-25-27)11-26-13-20-19-9-17(18-5-4-8-24-23(18)30-3)6-7-21(19)31(28,29)22(20)14-26;3-2(4,5)1(6)7/h4-10,12,15,20,22H,11,13-14H2,1-3H3;(H,6,7). The minimum absolute atomic E-state index is 0.0252. The molecular weight excluding hydrogens is 525 g/mol. The van der Waals surface area contributed by atoms with Crippen molar-refractivity contribution in [2.24, 2.45) is 0 Å². The van der Waals surface area contributed by atoms with Gasteiger partial charge in [-0.3, -0.25) is 9.58 Å². The molecule has 2 aliphatic rings. The number of sulfone groups is 1. The first-order valence-corrected chi connectivity index (χ1v) is 13.3. The number of methoxy groups -OCH3 is 1. The summed E-state index contributed by atoms with van der Waals surface area (Å²) in [5, 5.41) is 11.1. The fourth-order valence-electron chi connectivity index (χ4n) is 4.79. The Labute approximate surface area is 217 Å². The predicted molar refractivity (Wildman–Crippen MR) is 132 cm³/mol. The van der Waals surface area contributed by atoms with Crippen molar-refractivity contribution >= 4 is 15.8 Å². The molecule has 1 fully saturated rings. The van der Waals surface area contributed by atoms with Crippen molar-refractivity contribution in [1.29, 1.82) is 0 Å². The second kappa shape index (κ2) is 10.4. The molecule has 2 unspecified atom stereocenters. The summed E-state index contributed by atoms with van der Waals surface area (Å²) in [5.74, 6) is -2.25. The van der Waals surface area contributed by atoms with E-state index in [1.54, 1.807) is 19.4 Å². The zero-order valence-corrected chi connectivity index (χ0v) is 21.7. The highest BCUT2D eigenvalue weighted by molar-refractivity contribution is 7.92. The van der Waals surface area contributed by atoms with Gasteiger partial charge in [0.15, 0.2) is 9.84 Å². The molecule has 13 heteroatoms. The molecule has 1 aromatic carbocycles. The van der Waals surface area contributed by atoms with Crippen LogP contribution in [0.4, 0.5) is 13.2 Å². The molecule has 0 amide bonds. The van der Waals surface area contributed by atoms with Gasteiger partial charge in [-0.25, -0.2) is 18.2 Å². The van der Waals surface area contributed by atoms with Gasteiger partial charge < -0.3 is 9.84 Å². The average Bonchev–Trinajstić information content (AvgIpc) is 3.55. The molecule has 9 nitrogen and oxygen atoms in total. The maximum atomic E-state index is 13.2. The number of ether oxygens (including phenoxy) is 1. The van der Waals surface area contributed by atoms with Crippen LogP contribution in [0.15, 0.2) is 53.8 Å². The Hall–Kier alpha value is -3.45. The zero-order valence-electron chi connectivity index (χ0n) is 20.9. The number of pyridine rings is 1. The van der Waals surface area contributed by atoms with Gasteiger partial charge in [0.2, 0.25) is 5.88 Å². The van der Waals surface area contributed by atoms with Gasteiger partial charge in [-0.05, 0) is 49.2 Å². The van der Waals surface area contributed by atoms with E-state index in [1.165, 1.54) is 0 Å². The Morgan fingerprint density at radius 2 is 1.95 bits per heavy atom. The summed E-state index contributed by atoms with van der Waals surface area (Å²) >= 11 is 0. The van der Waals surface area contributed by atoms with Gasteiger partial charge in [-0.2, -0.15) is 18.3 Å². The number of likely N-dealkylation sites (tertiary alicyclic amines) is 1. The summed E-state index contributed by atoms with van der Waals surface area (Å²) in [5.41, 5.74) is 3.81. The van der Waals surface area contributed by atoms with E-state index < -0.39 is 27.2 Å². The molecule has 0 radical (unpaired) electrons. The quantitative estimate of drug-likeness (QED) is 0.507. The maximum absolute atomic E-state index is 13.2. The van der Waals surface area contributed by atoms with Crippen LogP contribution in [-0.4, -0.2) is 70.8 Å². The van der Waals surface area contributed by atoms with Gasteiger partial charge in [0.05, 0.1) is 23.5 Å². The lowest BCUT2D eigenvalue weighted by Crippen LogP contribution is -2.25. The summed E-state index contributed by atoms with van der Waals surface area (Å²) in [6.07, 6.45) is 0.532. The van der Waals surface area contributed by atoms with E-state index in [4.69, 9.17) is 14.6 Å². The number of carboxylic acid groups (broad SMARTS) is 1. The highest BCUT2D eigenvalue weighted by atomic mass is 32.2. The lowest BCUT2D eigenvalue weighted by molar-refractivity contribution is -0.192. The summed E-state index contributed by atoms with van der Waals surface area (Å²) in [7, 11) is -1.75. The first-order valence-electron chi connectivity index (χ1n) is 11.8. The Morgan fingerprint density at radius 1 is 1.24 bits per heavy atom. The van der Waals surface area contributed by atoms with Crippen molar-refractivity contribution in [2.75, 3.05) is 20.2 Å². The van der Waals surface area contributed by atoms with Crippen molar-refractivity contribution < 1.29 is 36.2 Å². The first kappa shape index (κ1) is 27.6. The third kappa shape index (κ3) is 5.39. The van der Waals surface area contributed by atoms with Crippen molar-refractivity contribution in [1.82, 2.24) is 19.7 Å². The molecular formula is C25H27F3N4O5S. The molecule has 2 atom stereocenters. The Kier molecular flexibility index (Phi) is 7.53. The lowest BCUT2D eigenvalue weighted by Gasteiger charge is -2.17. The molecule has 38 heavy (non-hydrogen) atoms. The van der Waals surface area contributed by atoms with Gasteiger partial charge >= 0.3 is 12.1 Å². The number of nitrogens with zero attached hydrogens (tertiary/aromatic N) is 4. The van der Waals surface area contributed by atoms with Crippen LogP contribution >= 0.6 is 0 Å². The molecule has 0 saturated carbocycles. The van der Waals surface area contributed by atoms with Crippen LogP contribution in [0.25, 0.3) is 11.1 Å². The van der Waals surface area contributed by atoms with E-state index >= 15 is 0 Å². The third-order valence-electron chi connectivity index (χ3n) is 6.56. The Morgan fingerprint density at radius 3 is 2.55 bits per heavy atom. The van der Waals surface area contributed by atoms with Gasteiger partial charge in [-0.15, -0.1) is 0 Å². The third-order valence-corrected chi connectivity index (χ3v) is 8.82. The van der Waals surface area contributed by atoms with Crippen molar-refractivity contribution in [3.63, 3.8) is 0 Å². The number of aromatic nitrogens is 3. The minimum Gasteiger partial charge on any atom is -0.481 e. The van der Waals surface area contributed by atoms with Crippen LogP contribution in [0.2, 0.25) is 0 Å². The molecule has 3 aromatic rings. The zero-order chi connectivity index (χ0) is 27.8. The highest BCUT2D eigenvalue weighted by Gasteiger charge is 2.50. The fraction of sp³-hybridized carbons (Fsp3) is 0.400. The summed E-state index contributed by atoms with van der Waals surface area (Å²) in [4.78, 5) is 15.9. The number of carboxylic acids is 1. The van der Waals surface area contributed by atoms with E-state index in [9.17, 15) is 21.6 Å². The molecule has 204 valence electrons.